The van der Waals surface area contributed by atoms with E-state index in [1.165, 1.54) is 0 Å². The summed E-state index contributed by atoms with van der Waals surface area (Å²) in [6.07, 6.45) is 0. The highest BCUT2D eigenvalue weighted by atomic mass is 16.3. The fourth-order valence-electron chi connectivity index (χ4n) is 1.55. The van der Waals surface area contributed by atoms with Crippen LogP contribution in [0.5, 0.6) is 5.75 Å². The molecule has 2 rings (SSSR count). The van der Waals surface area contributed by atoms with Gasteiger partial charge in [0.1, 0.15) is 5.75 Å². The summed E-state index contributed by atoms with van der Waals surface area (Å²) in [5.41, 5.74) is 0.966. The molecule has 0 unspecified atom stereocenters. The van der Waals surface area contributed by atoms with Crippen molar-refractivity contribution in [3.05, 3.63) is 42.0 Å². The maximum absolute atomic E-state index is 9.39. The third-order valence-electron chi connectivity index (χ3n) is 2.32. The van der Waals surface area contributed by atoms with Crippen LogP contribution in [0.15, 0.2) is 36.4 Å². The van der Waals surface area contributed by atoms with E-state index in [0.717, 1.165) is 16.3 Å². The lowest BCUT2D eigenvalue weighted by Crippen LogP contribution is -2.04. The largest absolute Gasteiger partial charge is 0.508 e. The van der Waals surface area contributed by atoms with E-state index >= 15 is 0 Å². The summed E-state index contributed by atoms with van der Waals surface area (Å²) in [6, 6.07) is 11.3. The smallest absolute Gasteiger partial charge is 0.116 e. The predicted octanol–water partition coefficient (Wildman–Crippen LogP) is 2.12. The summed E-state index contributed by atoms with van der Waals surface area (Å²) in [5.74, 6) is 6.36. The first kappa shape index (κ1) is 10.5. The molecular weight excluding hydrogens is 198 g/mol. The number of fused-ring (bicyclic) bond motifs is 1. The molecule has 2 heteroatoms. The summed E-state index contributed by atoms with van der Waals surface area (Å²) >= 11 is 0. The van der Waals surface area contributed by atoms with Gasteiger partial charge >= 0.3 is 0 Å². The van der Waals surface area contributed by atoms with E-state index in [-0.39, 0.29) is 5.75 Å². The van der Waals surface area contributed by atoms with E-state index in [9.17, 15) is 5.11 Å². The van der Waals surface area contributed by atoms with Gasteiger partial charge in [0, 0.05) is 5.56 Å². The van der Waals surface area contributed by atoms with Gasteiger partial charge in [0.05, 0.1) is 6.54 Å². The van der Waals surface area contributed by atoms with E-state index in [1.54, 1.807) is 12.1 Å². The summed E-state index contributed by atoms with van der Waals surface area (Å²) < 4.78 is 0. The molecular formula is C14H13NO. The molecule has 0 radical (unpaired) electrons. The fraction of sp³-hybridized carbons (Fsp3) is 0.143. The molecule has 0 aromatic heterocycles. The molecule has 80 valence electrons. The molecule has 2 nitrogen and oxygen atoms in total. The molecule has 16 heavy (non-hydrogen) atoms. The second kappa shape index (κ2) is 4.69. The molecule has 0 saturated carbocycles. The predicted molar refractivity (Wildman–Crippen MR) is 66.4 cm³/mol. The first-order valence-corrected chi connectivity index (χ1v) is 5.16. The molecule has 0 aliphatic rings. The number of rotatable bonds is 1. The Labute approximate surface area is 94.9 Å². The van der Waals surface area contributed by atoms with Crippen molar-refractivity contribution >= 4 is 10.8 Å². The van der Waals surface area contributed by atoms with Crippen LogP contribution in [0.4, 0.5) is 0 Å². The van der Waals surface area contributed by atoms with Crippen molar-refractivity contribution in [3.63, 3.8) is 0 Å². The van der Waals surface area contributed by atoms with E-state index in [1.807, 2.05) is 31.3 Å². The van der Waals surface area contributed by atoms with E-state index < -0.39 is 0 Å². The molecule has 0 heterocycles. The number of aromatic hydroxyl groups is 1. The van der Waals surface area contributed by atoms with Crippen LogP contribution < -0.4 is 5.32 Å². The summed E-state index contributed by atoms with van der Waals surface area (Å²) in [4.78, 5) is 0. The summed E-state index contributed by atoms with van der Waals surface area (Å²) in [6.45, 7) is 0.679. The van der Waals surface area contributed by atoms with E-state index in [4.69, 9.17) is 0 Å². The highest BCUT2D eigenvalue weighted by molar-refractivity contribution is 5.85. The van der Waals surface area contributed by atoms with Gasteiger partial charge < -0.3 is 10.4 Å². The van der Waals surface area contributed by atoms with Crippen LogP contribution in [0.1, 0.15) is 5.56 Å². The minimum Gasteiger partial charge on any atom is -0.508 e. The normalized spacial score (nSPS) is 9.81. The second-order valence-electron chi connectivity index (χ2n) is 3.58. The molecule has 0 aliphatic heterocycles. The maximum atomic E-state index is 9.39. The van der Waals surface area contributed by atoms with Crippen LogP contribution in [0.2, 0.25) is 0 Å². The Morgan fingerprint density at radius 2 is 1.94 bits per heavy atom. The molecule has 0 saturated heterocycles. The number of hydrogen-bond acceptors (Lipinski definition) is 2. The van der Waals surface area contributed by atoms with Crippen LogP contribution >= 0.6 is 0 Å². The molecule has 2 aromatic rings. The van der Waals surface area contributed by atoms with Crippen LogP contribution in [0.3, 0.4) is 0 Å². The average molecular weight is 211 g/mol. The van der Waals surface area contributed by atoms with E-state index in [0.29, 0.717) is 6.54 Å². The van der Waals surface area contributed by atoms with Crippen molar-refractivity contribution in [1.82, 2.24) is 5.32 Å². The lowest BCUT2D eigenvalue weighted by atomic mass is 10.1. The van der Waals surface area contributed by atoms with Crippen molar-refractivity contribution in [2.45, 2.75) is 0 Å². The lowest BCUT2D eigenvalue weighted by Gasteiger charge is -1.99. The molecule has 2 aromatic carbocycles. The number of phenols is 1. The highest BCUT2D eigenvalue weighted by Gasteiger charge is 1.95. The molecule has 2 N–H and O–H groups in total. The average Bonchev–Trinajstić information content (AvgIpc) is 2.29. The monoisotopic (exact) mass is 211 g/mol. The Kier molecular flexibility index (Phi) is 3.09. The van der Waals surface area contributed by atoms with E-state index in [2.05, 4.69) is 17.2 Å². The van der Waals surface area contributed by atoms with Crippen LogP contribution in [-0.2, 0) is 0 Å². The second-order valence-corrected chi connectivity index (χ2v) is 3.58. The Bertz CT molecular complexity index is 564. The first-order valence-electron chi connectivity index (χ1n) is 5.16. The maximum Gasteiger partial charge on any atom is 0.116 e. The zero-order chi connectivity index (χ0) is 11.4. The van der Waals surface area contributed by atoms with Gasteiger partial charge in [0.15, 0.2) is 0 Å². The topological polar surface area (TPSA) is 32.3 Å². The van der Waals surface area contributed by atoms with Crippen molar-refractivity contribution < 1.29 is 5.11 Å². The van der Waals surface area contributed by atoms with Gasteiger partial charge in [0.25, 0.3) is 0 Å². The number of benzene rings is 2. The van der Waals surface area contributed by atoms with Gasteiger partial charge in [-0.2, -0.15) is 0 Å². The first-order chi connectivity index (χ1) is 7.79. The number of phenolic OH excluding ortho intramolecular Hbond substituents is 1. The van der Waals surface area contributed by atoms with Crippen LogP contribution in [0, 0.1) is 11.8 Å². The number of nitrogens with one attached hydrogen (secondary N) is 1. The SMILES string of the molecule is CNCC#Cc1ccc2ccc(O)cc2c1. The minimum absolute atomic E-state index is 0.285. The van der Waals surface area contributed by atoms with Gasteiger partial charge in [0.2, 0.25) is 0 Å². The molecule has 0 fully saturated rings. The third-order valence-corrected chi connectivity index (χ3v) is 2.32. The molecule has 0 aliphatic carbocycles. The Morgan fingerprint density at radius 3 is 2.75 bits per heavy atom. The Balaban J connectivity index is 2.40. The molecule has 0 bridgehead atoms. The molecule has 0 amide bonds. The van der Waals surface area contributed by atoms with Gasteiger partial charge in [-0.25, -0.2) is 0 Å². The molecule has 0 spiro atoms. The third kappa shape index (κ3) is 2.33. The Hall–Kier alpha value is -1.98. The van der Waals surface area contributed by atoms with Crippen LogP contribution in [-0.4, -0.2) is 18.7 Å². The van der Waals surface area contributed by atoms with Gasteiger partial charge in [-0.05, 0) is 42.1 Å². The zero-order valence-electron chi connectivity index (χ0n) is 9.12. The van der Waals surface area contributed by atoms with Crippen molar-refractivity contribution in [3.8, 4) is 17.6 Å². The summed E-state index contributed by atoms with van der Waals surface area (Å²) in [5, 5.41) is 14.5. The quantitative estimate of drug-likeness (QED) is 0.708. The van der Waals surface area contributed by atoms with Crippen molar-refractivity contribution in [2.24, 2.45) is 0 Å². The van der Waals surface area contributed by atoms with Gasteiger partial charge in [-0.1, -0.05) is 24.0 Å². The molecule has 0 atom stereocenters. The standard InChI is InChI=1S/C14H13NO/c1-15-8-2-3-11-4-5-12-6-7-14(16)10-13(12)9-11/h4-7,9-10,15-16H,8H2,1H3. The van der Waals surface area contributed by atoms with Gasteiger partial charge in [-0.15, -0.1) is 0 Å². The highest BCUT2D eigenvalue weighted by Crippen LogP contribution is 2.20. The van der Waals surface area contributed by atoms with Crippen molar-refractivity contribution in [2.75, 3.05) is 13.6 Å². The summed E-state index contributed by atoms with van der Waals surface area (Å²) in [7, 11) is 1.87. The van der Waals surface area contributed by atoms with Crippen molar-refractivity contribution in [1.29, 1.82) is 0 Å². The van der Waals surface area contributed by atoms with Gasteiger partial charge in [-0.3, -0.25) is 0 Å². The lowest BCUT2D eigenvalue weighted by molar-refractivity contribution is 0.476. The minimum atomic E-state index is 0.285. The fourth-order valence-corrected chi connectivity index (χ4v) is 1.55. The van der Waals surface area contributed by atoms with Crippen LogP contribution in [0.25, 0.3) is 10.8 Å². The Morgan fingerprint density at radius 1 is 1.12 bits per heavy atom. The zero-order valence-corrected chi connectivity index (χ0v) is 9.12. The number of hydrogen-bond donors (Lipinski definition) is 2.